The van der Waals surface area contributed by atoms with Gasteiger partial charge in [0.25, 0.3) is 0 Å². The second-order valence-electron chi connectivity index (χ2n) is 3.86. The molecule has 0 unspecified atom stereocenters. The number of nitrogens with one attached hydrogen (secondary N) is 1. The molecule has 0 spiro atoms. The summed E-state index contributed by atoms with van der Waals surface area (Å²) < 4.78 is 1.87. The lowest BCUT2D eigenvalue weighted by Crippen LogP contribution is -2.00. The molecule has 0 aliphatic carbocycles. The first-order valence-corrected chi connectivity index (χ1v) is 6.05. The fourth-order valence-corrected chi connectivity index (χ4v) is 2.46. The number of nitrogens with zero attached hydrogens (tertiary/aromatic N) is 3. The van der Waals surface area contributed by atoms with E-state index in [1.807, 2.05) is 24.9 Å². The fourth-order valence-electron chi connectivity index (χ4n) is 1.59. The molecule has 0 saturated heterocycles. The lowest BCUT2D eigenvalue weighted by atomic mass is 10.3. The van der Waals surface area contributed by atoms with Gasteiger partial charge in [0.05, 0.1) is 34.8 Å². The molecule has 0 amide bonds. The van der Waals surface area contributed by atoms with E-state index in [0.717, 1.165) is 28.6 Å². The van der Waals surface area contributed by atoms with Crippen molar-refractivity contribution in [3.8, 4) is 0 Å². The van der Waals surface area contributed by atoms with Crippen LogP contribution in [0.3, 0.4) is 0 Å². The SMILES string of the molecule is Cc1nc(C)c(CNc2cnn(C)c2C)s1. The van der Waals surface area contributed by atoms with Crippen LogP contribution in [0.25, 0.3) is 0 Å². The summed E-state index contributed by atoms with van der Waals surface area (Å²) in [5, 5.41) is 8.71. The topological polar surface area (TPSA) is 42.7 Å². The van der Waals surface area contributed by atoms with E-state index in [0.29, 0.717) is 0 Å². The Kier molecular flexibility index (Phi) is 2.96. The molecule has 86 valence electrons. The molecule has 2 aromatic heterocycles. The first kappa shape index (κ1) is 11.1. The minimum atomic E-state index is 0.823. The van der Waals surface area contributed by atoms with Crippen LogP contribution in [0.2, 0.25) is 0 Å². The second-order valence-corrected chi connectivity index (χ2v) is 5.15. The summed E-state index contributed by atoms with van der Waals surface area (Å²) in [7, 11) is 1.95. The maximum absolute atomic E-state index is 4.41. The molecule has 0 radical (unpaired) electrons. The van der Waals surface area contributed by atoms with Gasteiger partial charge in [-0.2, -0.15) is 5.10 Å². The zero-order chi connectivity index (χ0) is 11.7. The molecule has 1 N–H and O–H groups in total. The Morgan fingerprint density at radius 3 is 2.62 bits per heavy atom. The molecule has 4 nitrogen and oxygen atoms in total. The van der Waals surface area contributed by atoms with Crippen LogP contribution in [0.1, 0.15) is 21.3 Å². The zero-order valence-corrected chi connectivity index (χ0v) is 10.9. The van der Waals surface area contributed by atoms with Crippen LogP contribution in [-0.4, -0.2) is 14.8 Å². The smallest absolute Gasteiger partial charge is 0.0900 e. The number of rotatable bonds is 3. The Balaban J connectivity index is 2.08. The lowest BCUT2D eigenvalue weighted by molar-refractivity contribution is 0.740. The third-order valence-corrected chi connectivity index (χ3v) is 3.75. The third-order valence-electron chi connectivity index (χ3n) is 2.67. The molecule has 0 aromatic carbocycles. The second kappa shape index (κ2) is 4.25. The monoisotopic (exact) mass is 236 g/mol. The van der Waals surface area contributed by atoms with Gasteiger partial charge in [0, 0.05) is 11.9 Å². The summed E-state index contributed by atoms with van der Waals surface area (Å²) >= 11 is 1.75. The molecule has 2 heterocycles. The van der Waals surface area contributed by atoms with E-state index in [-0.39, 0.29) is 0 Å². The first-order chi connectivity index (χ1) is 7.58. The number of hydrogen-bond acceptors (Lipinski definition) is 4. The largest absolute Gasteiger partial charge is 0.377 e. The van der Waals surface area contributed by atoms with E-state index < -0.39 is 0 Å². The number of hydrogen-bond donors (Lipinski definition) is 1. The lowest BCUT2D eigenvalue weighted by Gasteiger charge is -2.04. The van der Waals surface area contributed by atoms with Crippen LogP contribution in [0.15, 0.2) is 6.20 Å². The standard InChI is InChI=1S/C11H16N4S/c1-7-11(16-9(3)14-7)6-12-10-5-13-15(4)8(10)2/h5,12H,6H2,1-4H3. The summed E-state index contributed by atoms with van der Waals surface area (Å²) in [5.41, 5.74) is 3.36. The van der Waals surface area contributed by atoms with Crippen molar-refractivity contribution >= 4 is 17.0 Å². The summed E-state index contributed by atoms with van der Waals surface area (Å²) in [6, 6.07) is 0. The van der Waals surface area contributed by atoms with Gasteiger partial charge in [-0.15, -0.1) is 11.3 Å². The van der Waals surface area contributed by atoms with Crippen LogP contribution in [-0.2, 0) is 13.6 Å². The van der Waals surface area contributed by atoms with Crippen LogP contribution in [0.4, 0.5) is 5.69 Å². The van der Waals surface area contributed by atoms with Crippen molar-refractivity contribution in [2.24, 2.45) is 7.05 Å². The van der Waals surface area contributed by atoms with E-state index >= 15 is 0 Å². The summed E-state index contributed by atoms with van der Waals surface area (Å²) in [4.78, 5) is 5.70. The molecule has 0 fully saturated rings. The van der Waals surface area contributed by atoms with Crippen LogP contribution in [0, 0.1) is 20.8 Å². The summed E-state index contributed by atoms with van der Waals surface area (Å²) in [5.74, 6) is 0. The normalized spacial score (nSPS) is 10.8. The van der Waals surface area contributed by atoms with Crippen LogP contribution < -0.4 is 5.32 Å². The molecule has 0 aliphatic rings. The maximum Gasteiger partial charge on any atom is 0.0900 e. The minimum Gasteiger partial charge on any atom is -0.377 e. The molecule has 0 atom stereocenters. The van der Waals surface area contributed by atoms with Crippen molar-refractivity contribution in [1.82, 2.24) is 14.8 Å². The Morgan fingerprint density at radius 2 is 2.12 bits per heavy atom. The van der Waals surface area contributed by atoms with Crippen LogP contribution in [0.5, 0.6) is 0 Å². The predicted octanol–water partition coefficient (Wildman–Crippen LogP) is 2.41. The van der Waals surface area contributed by atoms with E-state index in [1.165, 1.54) is 4.88 Å². The molecule has 2 rings (SSSR count). The van der Waals surface area contributed by atoms with Gasteiger partial charge in [0.15, 0.2) is 0 Å². The van der Waals surface area contributed by atoms with Gasteiger partial charge in [0.2, 0.25) is 0 Å². The van der Waals surface area contributed by atoms with Gasteiger partial charge in [-0.3, -0.25) is 4.68 Å². The number of aromatic nitrogens is 3. The molecule has 0 bridgehead atoms. The van der Waals surface area contributed by atoms with Gasteiger partial charge in [-0.05, 0) is 20.8 Å². The van der Waals surface area contributed by atoms with Gasteiger partial charge < -0.3 is 5.32 Å². The van der Waals surface area contributed by atoms with Gasteiger partial charge in [0.1, 0.15) is 0 Å². The average molecular weight is 236 g/mol. The third kappa shape index (κ3) is 2.09. The zero-order valence-electron chi connectivity index (χ0n) is 10.0. The molecule has 0 saturated carbocycles. The van der Waals surface area contributed by atoms with Crippen molar-refractivity contribution < 1.29 is 0 Å². The molecule has 0 aliphatic heterocycles. The minimum absolute atomic E-state index is 0.823. The molecule has 16 heavy (non-hydrogen) atoms. The van der Waals surface area contributed by atoms with Gasteiger partial charge in [-0.1, -0.05) is 0 Å². The van der Waals surface area contributed by atoms with Crippen molar-refractivity contribution in [1.29, 1.82) is 0 Å². The van der Waals surface area contributed by atoms with Gasteiger partial charge in [-0.25, -0.2) is 4.98 Å². The highest BCUT2D eigenvalue weighted by atomic mass is 32.1. The Bertz CT molecular complexity index is 496. The van der Waals surface area contributed by atoms with E-state index in [1.54, 1.807) is 11.3 Å². The van der Waals surface area contributed by atoms with E-state index in [2.05, 4.69) is 29.2 Å². The van der Waals surface area contributed by atoms with Crippen molar-refractivity contribution in [3.63, 3.8) is 0 Å². The predicted molar refractivity (Wildman–Crippen MR) is 66.9 cm³/mol. The Labute approximate surface area is 99.3 Å². The van der Waals surface area contributed by atoms with E-state index in [9.17, 15) is 0 Å². The van der Waals surface area contributed by atoms with Crippen molar-refractivity contribution in [2.45, 2.75) is 27.3 Å². The molecular weight excluding hydrogens is 220 g/mol. The Morgan fingerprint density at radius 1 is 1.38 bits per heavy atom. The fraction of sp³-hybridized carbons (Fsp3) is 0.455. The van der Waals surface area contributed by atoms with Gasteiger partial charge >= 0.3 is 0 Å². The van der Waals surface area contributed by atoms with E-state index in [4.69, 9.17) is 0 Å². The quantitative estimate of drug-likeness (QED) is 0.890. The van der Waals surface area contributed by atoms with Crippen molar-refractivity contribution in [2.75, 3.05) is 5.32 Å². The number of anilines is 1. The Hall–Kier alpha value is -1.36. The van der Waals surface area contributed by atoms with Crippen LogP contribution >= 0.6 is 11.3 Å². The maximum atomic E-state index is 4.41. The first-order valence-electron chi connectivity index (χ1n) is 5.23. The molecule has 2 aromatic rings. The number of thiazole rings is 1. The number of aryl methyl sites for hydroxylation is 3. The highest BCUT2D eigenvalue weighted by Crippen LogP contribution is 2.20. The average Bonchev–Trinajstić information content (AvgIpc) is 2.70. The summed E-state index contributed by atoms with van der Waals surface area (Å²) in [6.07, 6.45) is 1.86. The highest BCUT2D eigenvalue weighted by Gasteiger charge is 2.07. The summed E-state index contributed by atoms with van der Waals surface area (Å²) in [6.45, 7) is 6.97. The van der Waals surface area contributed by atoms with Crippen molar-refractivity contribution in [3.05, 3.63) is 27.5 Å². The molecular formula is C11H16N4S. The molecule has 5 heteroatoms. The highest BCUT2D eigenvalue weighted by molar-refractivity contribution is 7.11.